The van der Waals surface area contributed by atoms with Gasteiger partial charge in [0.2, 0.25) is 5.91 Å². The average molecular weight is 380 g/mol. The number of nitrogens with one attached hydrogen (secondary N) is 3. The minimum atomic E-state index is 0.00627. The maximum Gasteiger partial charge on any atom is 0.224 e. The van der Waals surface area contributed by atoms with Crippen LogP contribution in [0.1, 0.15) is 12.0 Å². The van der Waals surface area contributed by atoms with E-state index in [0.717, 1.165) is 39.2 Å². The summed E-state index contributed by atoms with van der Waals surface area (Å²) in [6.45, 7) is 0. The molecule has 0 fully saturated rings. The zero-order chi connectivity index (χ0) is 19.6. The lowest BCUT2D eigenvalue weighted by molar-refractivity contribution is -0.116. The number of hydrogen-bond donors (Lipinski definition) is 3. The number of aryl methyl sites for hydroxylation is 1. The van der Waals surface area contributed by atoms with E-state index in [0.29, 0.717) is 12.8 Å². The molecule has 2 aromatic heterocycles. The van der Waals surface area contributed by atoms with E-state index in [4.69, 9.17) is 0 Å². The van der Waals surface area contributed by atoms with E-state index in [9.17, 15) is 4.79 Å². The summed E-state index contributed by atoms with van der Waals surface area (Å²) in [7, 11) is 0. The fourth-order valence-electron chi connectivity index (χ4n) is 3.61. The molecule has 2 heterocycles. The molecule has 3 N–H and O–H groups in total. The van der Waals surface area contributed by atoms with Crippen LogP contribution in [0, 0.1) is 0 Å². The highest BCUT2D eigenvalue weighted by molar-refractivity contribution is 5.92. The normalized spacial score (nSPS) is 11.2. The molecule has 0 radical (unpaired) electrons. The van der Waals surface area contributed by atoms with Gasteiger partial charge >= 0.3 is 0 Å². The van der Waals surface area contributed by atoms with Crippen molar-refractivity contribution in [3.63, 3.8) is 0 Å². The number of aromatic amines is 2. The van der Waals surface area contributed by atoms with Gasteiger partial charge in [0.25, 0.3) is 0 Å². The molecule has 5 nitrogen and oxygen atoms in total. The molecule has 0 atom stereocenters. The molecule has 3 aromatic carbocycles. The van der Waals surface area contributed by atoms with Gasteiger partial charge in [-0.2, -0.15) is 0 Å². The second-order valence-corrected chi connectivity index (χ2v) is 7.09. The predicted molar refractivity (Wildman–Crippen MR) is 117 cm³/mol. The Bertz CT molecular complexity index is 1260. The number of amides is 1. The number of fused-ring (bicyclic) bond motifs is 2. The van der Waals surface area contributed by atoms with Gasteiger partial charge in [0.05, 0.1) is 11.0 Å². The average Bonchev–Trinajstić information content (AvgIpc) is 3.37. The minimum Gasteiger partial charge on any atom is -0.361 e. The number of hydrogen-bond acceptors (Lipinski definition) is 2. The van der Waals surface area contributed by atoms with Crippen LogP contribution in [0.5, 0.6) is 0 Å². The fourth-order valence-corrected chi connectivity index (χ4v) is 3.61. The standard InChI is InChI=1S/C24H20N4O/c29-23(14-11-17-15-25-20-6-2-1-5-19(17)20)26-18-12-9-16(10-13-18)24-27-21-7-3-4-8-22(21)28-24/h1-10,12-13,15,25H,11,14H2,(H,26,29)(H,27,28). The fraction of sp³-hybridized carbons (Fsp3) is 0.0833. The molecule has 0 aliphatic heterocycles. The van der Waals surface area contributed by atoms with Gasteiger partial charge in [0.1, 0.15) is 5.82 Å². The molecule has 0 unspecified atom stereocenters. The first kappa shape index (κ1) is 17.3. The lowest BCUT2D eigenvalue weighted by Gasteiger charge is -2.06. The number of nitrogens with zero attached hydrogens (tertiary/aromatic N) is 1. The zero-order valence-electron chi connectivity index (χ0n) is 15.8. The molecule has 5 rings (SSSR count). The van der Waals surface area contributed by atoms with Crippen LogP contribution in [0.15, 0.2) is 79.0 Å². The van der Waals surface area contributed by atoms with E-state index >= 15 is 0 Å². The Hall–Kier alpha value is -3.86. The van der Waals surface area contributed by atoms with Gasteiger partial charge in [0.15, 0.2) is 0 Å². The molecule has 142 valence electrons. The van der Waals surface area contributed by atoms with Crippen LogP contribution < -0.4 is 5.32 Å². The van der Waals surface area contributed by atoms with Crippen LogP contribution in [-0.4, -0.2) is 20.9 Å². The van der Waals surface area contributed by atoms with E-state index in [1.807, 2.05) is 72.9 Å². The van der Waals surface area contributed by atoms with E-state index in [-0.39, 0.29) is 5.91 Å². The lowest BCUT2D eigenvalue weighted by Crippen LogP contribution is -2.12. The molecule has 0 saturated heterocycles. The third kappa shape index (κ3) is 3.50. The molecule has 0 spiro atoms. The van der Waals surface area contributed by atoms with Crippen molar-refractivity contribution in [1.82, 2.24) is 15.0 Å². The predicted octanol–water partition coefficient (Wildman–Crippen LogP) is 5.28. The van der Waals surface area contributed by atoms with Crippen LogP contribution in [0.3, 0.4) is 0 Å². The van der Waals surface area contributed by atoms with Crippen molar-refractivity contribution < 1.29 is 4.79 Å². The topological polar surface area (TPSA) is 73.6 Å². The van der Waals surface area contributed by atoms with Crippen LogP contribution in [-0.2, 0) is 11.2 Å². The SMILES string of the molecule is O=C(CCc1c[nH]c2ccccc12)Nc1ccc(-c2nc3ccccc3[nH]2)cc1. The quantitative estimate of drug-likeness (QED) is 0.388. The van der Waals surface area contributed by atoms with Crippen LogP contribution in [0.2, 0.25) is 0 Å². The monoisotopic (exact) mass is 380 g/mol. The summed E-state index contributed by atoms with van der Waals surface area (Å²) in [6, 6.07) is 23.8. The van der Waals surface area contributed by atoms with Gasteiger partial charge in [-0.1, -0.05) is 30.3 Å². The van der Waals surface area contributed by atoms with E-state index in [1.165, 1.54) is 5.39 Å². The maximum atomic E-state index is 12.4. The molecule has 0 saturated carbocycles. The van der Waals surface area contributed by atoms with E-state index in [2.05, 4.69) is 26.3 Å². The highest BCUT2D eigenvalue weighted by Gasteiger charge is 2.08. The Labute approximate surface area is 167 Å². The first-order valence-electron chi connectivity index (χ1n) is 9.66. The Morgan fingerprint density at radius 2 is 1.66 bits per heavy atom. The van der Waals surface area contributed by atoms with Gasteiger partial charge < -0.3 is 15.3 Å². The van der Waals surface area contributed by atoms with E-state index < -0.39 is 0 Å². The second kappa shape index (κ2) is 7.28. The summed E-state index contributed by atoms with van der Waals surface area (Å²) >= 11 is 0. The Morgan fingerprint density at radius 3 is 2.48 bits per heavy atom. The summed E-state index contributed by atoms with van der Waals surface area (Å²) in [5.41, 5.74) is 5.99. The first-order chi connectivity index (χ1) is 14.3. The molecule has 0 aliphatic rings. The summed E-state index contributed by atoms with van der Waals surface area (Å²) in [4.78, 5) is 23.6. The van der Waals surface area contributed by atoms with Crippen LogP contribution in [0.4, 0.5) is 5.69 Å². The summed E-state index contributed by atoms with van der Waals surface area (Å²) < 4.78 is 0. The molecule has 5 heteroatoms. The number of para-hydroxylation sites is 3. The number of carbonyl (C=O) groups excluding carboxylic acids is 1. The number of benzene rings is 3. The van der Waals surface area contributed by atoms with Gasteiger partial charge in [-0.3, -0.25) is 4.79 Å². The lowest BCUT2D eigenvalue weighted by atomic mass is 10.1. The van der Waals surface area contributed by atoms with Crippen molar-refractivity contribution in [2.45, 2.75) is 12.8 Å². The zero-order valence-corrected chi connectivity index (χ0v) is 15.8. The molecule has 0 aliphatic carbocycles. The highest BCUT2D eigenvalue weighted by Crippen LogP contribution is 2.23. The summed E-state index contributed by atoms with van der Waals surface area (Å²) in [5, 5.41) is 4.15. The molecule has 1 amide bonds. The number of anilines is 1. The van der Waals surface area contributed by atoms with Crippen molar-refractivity contribution in [2.24, 2.45) is 0 Å². The smallest absolute Gasteiger partial charge is 0.224 e. The summed E-state index contributed by atoms with van der Waals surface area (Å²) in [6.07, 6.45) is 3.13. The number of carbonyl (C=O) groups is 1. The van der Waals surface area contributed by atoms with Crippen molar-refractivity contribution in [2.75, 3.05) is 5.32 Å². The molecule has 5 aromatic rings. The van der Waals surface area contributed by atoms with Crippen LogP contribution >= 0.6 is 0 Å². The van der Waals surface area contributed by atoms with Crippen LogP contribution in [0.25, 0.3) is 33.3 Å². The largest absolute Gasteiger partial charge is 0.361 e. The highest BCUT2D eigenvalue weighted by atomic mass is 16.1. The van der Waals surface area contributed by atoms with Gasteiger partial charge in [0, 0.05) is 34.8 Å². The summed E-state index contributed by atoms with van der Waals surface area (Å²) in [5.74, 6) is 0.829. The van der Waals surface area contributed by atoms with Crippen molar-refractivity contribution >= 4 is 33.5 Å². The molecular formula is C24H20N4O. The second-order valence-electron chi connectivity index (χ2n) is 7.09. The van der Waals surface area contributed by atoms with Gasteiger partial charge in [-0.15, -0.1) is 0 Å². The van der Waals surface area contributed by atoms with Gasteiger partial charge in [-0.25, -0.2) is 4.98 Å². The number of aromatic nitrogens is 3. The molecule has 29 heavy (non-hydrogen) atoms. The minimum absolute atomic E-state index is 0.00627. The number of imidazole rings is 1. The van der Waals surface area contributed by atoms with Gasteiger partial charge in [-0.05, 0) is 54.4 Å². The van der Waals surface area contributed by atoms with Crippen molar-refractivity contribution in [1.29, 1.82) is 0 Å². The molecule has 0 bridgehead atoms. The third-order valence-electron chi connectivity index (χ3n) is 5.13. The number of H-pyrrole nitrogens is 2. The Morgan fingerprint density at radius 1 is 0.897 bits per heavy atom. The Kier molecular flexibility index (Phi) is 4.33. The molecular weight excluding hydrogens is 360 g/mol. The number of rotatable bonds is 5. The Balaban J connectivity index is 1.24. The van der Waals surface area contributed by atoms with Crippen molar-refractivity contribution in [3.05, 3.63) is 84.6 Å². The first-order valence-corrected chi connectivity index (χ1v) is 9.66. The third-order valence-corrected chi connectivity index (χ3v) is 5.13. The maximum absolute atomic E-state index is 12.4. The van der Waals surface area contributed by atoms with E-state index in [1.54, 1.807) is 0 Å². The van der Waals surface area contributed by atoms with Crippen molar-refractivity contribution in [3.8, 4) is 11.4 Å².